The molecule has 1 heterocycles. The molecule has 1 aliphatic rings. The molecule has 0 amide bonds. The zero-order valence-electron chi connectivity index (χ0n) is 12.9. The third kappa shape index (κ3) is 2.88. The normalized spacial score (nSPS) is 16.9. The summed E-state index contributed by atoms with van der Waals surface area (Å²) < 4.78 is 10.5. The minimum atomic E-state index is 0.171. The van der Waals surface area contributed by atoms with E-state index >= 15 is 0 Å². The van der Waals surface area contributed by atoms with Crippen molar-refractivity contribution in [3.05, 3.63) is 53.1 Å². The van der Waals surface area contributed by atoms with E-state index in [4.69, 9.17) is 9.47 Å². The van der Waals surface area contributed by atoms with Crippen LogP contribution in [0.3, 0.4) is 0 Å². The van der Waals surface area contributed by atoms with Crippen molar-refractivity contribution >= 4 is 0 Å². The summed E-state index contributed by atoms with van der Waals surface area (Å²) in [6.45, 7) is 0.971. The first kappa shape index (κ1) is 14.7. The predicted molar refractivity (Wildman–Crippen MR) is 85.8 cm³/mol. The molecule has 0 fully saturated rings. The first-order valence-corrected chi connectivity index (χ1v) is 7.47. The molecule has 3 rings (SSSR count). The third-order valence-electron chi connectivity index (χ3n) is 4.20. The molecule has 2 aromatic carbocycles. The molecule has 0 spiro atoms. The number of ether oxygens (including phenoxy) is 2. The predicted octanol–water partition coefficient (Wildman–Crippen LogP) is 2.84. The van der Waals surface area contributed by atoms with Gasteiger partial charge in [-0.2, -0.15) is 0 Å². The molecule has 0 saturated carbocycles. The molecule has 2 aromatic rings. The zero-order chi connectivity index (χ0) is 15.5. The van der Waals surface area contributed by atoms with E-state index in [0.29, 0.717) is 5.75 Å². The smallest absolute Gasteiger partial charge is 0.160 e. The average molecular weight is 299 g/mol. The Morgan fingerprint density at radius 1 is 1.14 bits per heavy atom. The number of phenolic OH excluding ortho intramolecular Hbond substituents is 1. The van der Waals surface area contributed by atoms with Gasteiger partial charge in [-0.25, -0.2) is 0 Å². The van der Waals surface area contributed by atoms with Crippen LogP contribution in [-0.2, 0) is 12.8 Å². The molecule has 0 aliphatic carbocycles. The molecule has 4 nitrogen and oxygen atoms in total. The van der Waals surface area contributed by atoms with Crippen LogP contribution >= 0.6 is 0 Å². The molecule has 1 unspecified atom stereocenters. The second-order valence-electron chi connectivity index (χ2n) is 5.53. The number of hydrogen-bond acceptors (Lipinski definition) is 4. The van der Waals surface area contributed by atoms with E-state index in [1.165, 1.54) is 11.1 Å². The summed E-state index contributed by atoms with van der Waals surface area (Å²) in [4.78, 5) is 0. The Hall–Kier alpha value is -2.20. The Labute approximate surface area is 130 Å². The first-order valence-electron chi connectivity index (χ1n) is 7.47. The highest BCUT2D eigenvalue weighted by Crippen LogP contribution is 2.32. The Morgan fingerprint density at radius 2 is 2.00 bits per heavy atom. The van der Waals surface area contributed by atoms with Gasteiger partial charge in [0.05, 0.1) is 14.2 Å². The van der Waals surface area contributed by atoms with Gasteiger partial charge in [-0.1, -0.05) is 12.1 Å². The van der Waals surface area contributed by atoms with E-state index in [1.54, 1.807) is 20.3 Å². The lowest BCUT2D eigenvalue weighted by Gasteiger charge is -2.27. The van der Waals surface area contributed by atoms with Gasteiger partial charge in [0.2, 0.25) is 0 Å². The van der Waals surface area contributed by atoms with E-state index in [-0.39, 0.29) is 11.8 Å². The molecule has 0 bridgehead atoms. The lowest BCUT2D eigenvalue weighted by molar-refractivity contribution is 0.372. The van der Waals surface area contributed by atoms with Crippen LogP contribution in [-0.4, -0.2) is 25.9 Å². The standard InChI is InChI=1S/C18H21NO3/c1-21-14-5-4-13-7-8-19-16(15(13)11-14)9-12-3-6-17(20)18(10-12)22-2/h3-6,10-11,16,19-20H,7-9H2,1-2H3. The van der Waals surface area contributed by atoms with Crippen LogP contribution in [0.25, 0.3) is 0 Å². The lowest BCUT2D eigenvalue weighted by atomic mass is 9.90. The molecule has 0 aromatic heterocycles. The van der Waals surface area contributed by atoms with Crippen molar-refractivity contribution in [2.24, 2.45) is 0 Å². The zero-order valence-corrected chi connectivity index (χ0v) is 12.9. The SMILES string of the molecule is COc1ccc2c(c1)C(Cc1ccc(O)c(OC)c1)NCC2. The highest BCUT2D eigenvalue weighted by molar-refractivity contribution is 5.44. The van der Waals surface area contributed by atoms with E-state index < -0.39 is 0 Å². The van der Waals surface area contributed by atoms with Gasteiger partial charge in [-0.3, -0.25) is 0 Å². The van der Waals surface area contributed by atoms with E-state index in [1.807, 2.05) is 18.2 Å². The van der Waals surface area contributed by atoms with Crippen molar-refractivity contribution < 1.29 is 14.6 Å². The first-order chi connectivity index (χ1) is 10.7. The monoisotopic (exact) mass is 299 g/mol. The maximum absolute atomic E-state index is 9.71. The minimum Gasteiger partial charge on any atom is -0.504 e. The van der Waals surface area contributed by atoms with Gasteiger partial charge in [-0.05, 0) is 60.3 Å². The quantitative estimate of drug-likeness (QED) is 0.911. The molecule has 1 atom stereocenters. The number of nitrogens with one attached hydrogen (secondary N) is 1. The van der Waals surface area contributed by atoms with Crippen molar-refractivity contribution in [2.45, 2.75) is 18.9 Å². The highest BCUT2D eigenvalue weighted by atomic mass is 16.5. The topological polar surface area (TPSA) is 50.7 Å². The maximum atomic E-state index is 9.71. The summed E-state index contributed by atoms with van der Waals surface area (Å²) in [6, 6.07) is 12.0. The molecule has 2 N–H and O–H groups in total. The van der Waals surface area contributed by atoms with Crippen molar-refractivity contribution in [1.29, 1.82) is 0 Å². The van der Waals surface area contributed by atoms with Crippen molar-refractivity contribution in [2.75, 3.05) is 20.8 Å². The molecular formula is C18H21NO3. The Morgan fingerprint density at radius 3 is 2.77 bits per heavy atom. The summed E-state index contributed by atoms with van der Waals surface area (Å²) in [7, 11) is 3.26. The number of methoxy groups -OCH3 is 2. The van der Waals surface area contributed by atoms with Gasteiger partial charge in [0, 0.05) is 6.04 Å². The summed E-state index contributed by atoms with van der Waals surface area (Å²) in [5.41, 5.74) is 3.79. The summed E-state index contributed by atoms with van der Waals surface area (Å²) >= 11 is 0. The minimum absolute atomic E-state index is 0.171. The van der Waals surface area contributed by atoms with Crippen LogP contribution in [0.1, 0.15) is 22.7 Å². The number of aromatic hydroxyl groups is 1. The van der Waals surface area contributed by atoms with Crippen LogP contribution in [0.15, 0.2) is 36.4 Å². The second kappa shape index (κ2) is 6.28. The maximum Gasteiger partial charge on any atom is 0.160 e. The molecule has 4 heteroatoms. The number of fused-ring (bicyclic) bond motifs is 1. The van der Waals surface area contributed by atoms with Crippen LogP contribution in [0.4, 0.5) is 0 Å². The van der Waals surface area contributed by atoms with Gasteiger partial charge in [-0.15, -0.1) is 0 Å². The van der Waals surface area contributed by atoms with Crippen molar-refractivity contribution in [3.63, 3.8) is 0 Å². The van der Waals surface area contributed by atoms with Crippen molar-refractivity contribution in [3.8, 4) is 17.2 Å². The van der Waals surface area contributed by atoms with Crippen LogP contribution in [0.5, 0.6) is 17.2 Å². The number of benzene rings is 2. The highest BCUT2D eigenvalue weighted by Gasteiger charge is 2.21. The van der Waals surface area contributed by atoms with Crippen LogP contribution in [0, 0.1) is 0 Å². The Balaban J connectivity index is 1.88. The number of rotatable bonds is 4. The number of hydrogen-bond donors (Lipinski definition) is 2. The van der Waals surface area contributed by atoms with Crippen molar-refractivity contribution in [1.82, 2.24) is 5.32 Å². The van der Waals surface area contributed by atoms with Gasteiger partial charge in [0.25, 0.3) is 0 Å². The average Bonchev–Trinajstić information content (AvgIpc) is 2.56. The fourth-order valence-electron chi connectivity index (χ4n) is 3.01. The van der Waals surface area contributed by atoms with Gasteiger partial charge in [0.1, 0.15) is 5.75 Å². The van der Waals surface area contributed by atoms with E-state index in [9.17, 15) is 5.11 Å². The summed E-state index contributed by atoms with van der Waals surface area (Å²) in [6.07, 6.45) is 1.88. The molecule has 0 radical (unpaired) electrons. The molecule has 0 saturated heterocycles. The van der Waals surface area contributed by atoms with E-state index in [2.05, 4.69) is 17.4 Å². The fraction of sp³-hybridized carbons (Fsp3) is 0.333. The molecule has 22 heavy (non-hydrogen) atoms. The molecule has 1 aliphatic heterocycles. The Bertz CT molecular complexity index is 669. The molecule has 116 valence electrons. The number of phenols is 1. The van der Waals surface area contributed by atoms with Crippen LogP contribution in [0.2, 0.25) is 0 Å². The van der Waals surface area contributed by atoms with E-state index in [0.717, 1.165) is 30.7 Å². The largest absolute Gasteiger partial charge is 0.504 e. The summed E-state index contributed by atoms with van der Waals surface area (Å²) in [5, 5.41) is 13.3. The van der Waals surface area contributed by atoms with Gasteiger partial charge in [0.15, 0.2) is 11.5 Å². The van der Waals surface area contributed by atoms with Gasteiger partial charge < -0.3 is 19.9 Å². The molecular weight excluding hydrogens is 278 g/mol. The fourth-order valence-corrected chi connectivity index (χ4v) is 3.01. The second-order valence-corrected chi connectivity index (χ2v) is 5.53. The third-order valence-corrected chi connectivity index (χ3v) is 4.20. The van der Waals surface area contributed by atoms with Crippen LogP contribution < -0.4 is 14.8 Å². The summed E-state index contributed by atoms with van der Waals surface area (Å²) in [5.74, 6) is 1.57. The lowest BCUT2D eigenvalue weighted by Crippen LogP contribution is -2.31. The van der Waals surface area contributed by atoms with Gasteiger partial charge >= 0.3 is 0 Å². The Kier molecular flexibility index (Phi) is 4.20.